The van der Waals surface area contributed by atoms with E-state index in [0.717, 1.165) is 17.0 Å². The predicted molar refractivity (Wildman–Crippen MR) is 78.6 cm³/mol. The largest absolute Gasteiger partial charge is 0.337 e. The van der Waals surface area contributed by atoms with Gasteiger partial charge in [-0.1, -0.05) is 11.6 Å². The van der Waals surface area contributed by atoms with E-state index in [1.807, 2.05) is 20.8 Å². The monoisotopic (exact) mass is 343 g/mol. The Morgan fingerprint density at radius 3 is 2.47 bits per heavy atom. The van der Waals surface area contributed by atoms with E-state index in [4.69, 9.17) is 11.6 Å². The molecule has 19 heavy (non-hydrogen) atoms. The third-order valence-corrected chi connectivity index (χ3v) is 3.66. The first kappa shape index (κ1) is 14.2. The van der Waals surface area contributed by atoms with Crippen molar-refractivity contribution in [2.24, 2.45) is 0 Å². The standard InChI is InChI=1S/C13H12BrClFN3/c1-6-4-9(14)10(16)5-11(6)19-13-12(15)17-7(2)8(3)18-13/h4-5H,1-3H3,(H,18,19). The van der Waals surface area contributed by atoms with Crippen LogP contribution < -0.4 is 5.32 Å². The first-order valence-electron chi connectivity index (χ1n) is 5.62. The fourth-order valence-corrected chi connectivity index (χ4v) is 2.24. The molecule has 1 heterocycles. The minimum absolute atomic E-state index is 0.269. The normalized spacial score (nSPS) is 10.6. The van der Waals surface area contributed by atoms with Crippen LogP contribution in [0.3, 0.4) is 0 Å². The first-order chi connectivity index (χ1) is 8.88. The SMILES string of the molecule is Cc1cc(Br)c(F)cc1Nc1nc(C)c(C)nc1Cl. The Balaban J connectivity index is 2.42. The van der Waals surface area contributed by atoms with E-state index in [9.17, 15) is 4.39 Å². The number of hydrogen-bond acceptors (Lipinski definition) is 3. The number of nitrogens with one attached hydrogen (secondary N) is 1. The third kappa shape index (κ3) is 3.04. The van der Waals surface area contributed by atoms with E-state index >= 15 is 0 Å². The average molecular weight is 345 g/mol. The lowest BCUT2D eigenvalue weighted by Crippen LogP contribution is -2.02. The summed E-state index contributed by atoms with van der Waals surface area (Å²) in [5.41, 5.74) is 3.04. The molecule has 0 spiro atoms. The smallest absolute Gasteiger partial charge is 0.172 e. The average Bonchev–Trinajstić information content (AvgIpc) is 2.32. The van der Waals surface area contributed by atoms with Crippen molar-refractivity contribution in [3.05, 3.63) is 44.5 Å². The van der Waals surface area contributed by atoms with Gasteiger partial charge in [0.2, 0.25) is 0 Å². The van der Waals surface area contributed by atoms with Crippen LogP contribution in [0.5, 0.6) is 0 Å². The van der Waals surface area contributed by atoms with Crippen LogP contribution in [0.15, 0.2) is 16.6 Å². The Morgan fingerprint density at radius 2 is 1.79 bits per heavy atom. The van der Waals surface area contributed by atoms with Gasteiger partial charge in [-0.05, 0) is 54.4 Å². The number of hydrogen-bond donors (Lipinski definition) is 1. The molecule has 0 aliphatic carbocycles. The van der Waals surface area contributed by atoms with Gasteiger partial charge < -0.3 is 5.32 Å². The van der Waals surface area contributed by atoms with Gasteiger partial charge in [0, 0.05) is 5.69 Å². The lowest BCUT2D eigenvalue weighted by atomic mass is 10.2. The summed E-state index contributed by atoms with van der Waals surface area (Å²) in [6.07, 6.45) is 0. The molecule has 2 aromatic rings. The lowest BCUT2D eigenvalue weighted by molar-refractivity contribution is 0.621. The van der Waals surface area contributed by atoms with Crippen LogP contribution >= 0.6 is 27.5 Å². The first-order valence-corrected chi connectivity index (χ1v) is 6.79. The summed E-state index contributed by atoms with van der Waals surface area (Å²) in [5, 5.41) is 3.28. The van der Waals surface area contributed by atoms with Gasteiger partial charge in [0.15, 0.2) is 11.0 Å². The van der Waals surface area contributed by atoms with Gasteiger partial charge in [-0.2, -0.15) is 0 Å². The molecule has 1 aromatic carbocycles. The van der Waals surface area contributed by atoms with Gasteiger partial charge in [-0.15, -0.1) is 0 Å². The van der Waals surface area contributed by atoms with Gasteiger partial charge in [-0.25, -0.2) is 14.4 Å². The Morgan fingerprint density at radius 1 is 1.16 bits per heavy atom. The second kappa shape index (κ2) is 5.43. The number of benzene rings is 1. The van der Waals surface area contributed by atoms with Crippen molar-refractivity contribution in [3.8, 4) is 0 Å². The predicted octanol–water partition coefficient (Wildman–Crippen LogP) is 4.70. The molecule has 1 aromatic heterocycles. The number of halogens is 3. The molecule has 1 N–H and O–H groups in total. The number of aryl methyl sites for hydroxylation is 3. The molecule has 3 nitrogen and oxygen atoms in total. The molecule has 0 fully saturated rings. The number of anilines is 2. The van der Waals surface area contributed by atoms with E-state index in [2.05, 4.69) is 31.2 Å². The second-order valence-electron chi connectivity index (χ2n) is 4.24. The molecule has 0 amide bonds. The summed E-state index contributed by atoms with van der Waals surface area (Å²) < 4.78 is 14.0. The van der Waals surface area contributed by atoms with Gasteiger partial charge in [0.05, 0.1) is 15.9 Å². The van der Waals surface area contributed by atoms with E-state index in [-0.39, 0.29) is 11.0 Å². The zero-order valence-corrected chi connectivity index (χ0v) is 13.0. The number of nitrogens with zero attached hydrogens (tertiary/aromatic N) is 2. The highest BCUT2D eigenvalue weighted by Gasteiger charge is 2.10. The van der Waals surface area contributed by atoms with E-state index in [0.29, 0.717) is 16.0 Å². The Bertz CT molecular complexity index is 591. The summed E-state index contributed by atoms with van der Waals surface area (Å²) in [7, 11) is 0. The van der Waals surface area contributed by atoms with Crippen molar-refractivity contribution >= 4 is 39.0 Å². The highest BCUT2D eigenvalue weighted by molar-refractivity contribution is 9.10. The topological polar surface area (TPSA) is 37.8 Å². The molecule has 0 aliphatic heterocycles. The molecule has 0 unspecified atom stereocenters. The highest BCUT2D eigenvalue weighted by Crippen LogP contribution is 2.28. The fourth-order valence-electron chi connectivity index (χ4n) is 1.56. The quantitative estimate of drug-likeness (QED) is 0.858. The molecule has 0 aliphatic rings. The van der Waals surface area contributed by atoms with Crippen molar-refractivity contribution < 1.29 is 4.39 Å². The van der Waals surface area contributed by atoms with Gasteiger partial charge in [0.1, 0.15) is 5.82 Å². The summed E-state index contributed by atoms with van der Waals surface area (Å²) in [6, 6.07) is 3.09. The van der Waals surface area contributed by atoms with Gasteiger partial charge in [-0.3, -0.25) is 0 Å². The molecule has 6 heteroatoms. The molecule has 0 radical (unpaired) electrons. The van der Waals surface area contributed by atoms with Crippen molar-refractivity contribution in [3.63, 3.8) is 0 Å². The summed E-state index contributed by atoms with van der Waals surface area (Å²) in [6.45, 7) is 5.55. The minimum atomic E-state index is -0.346. The van der Waals surface area contributed by atoms with Gasteiger partial charge in [0.25, 0.3) is 0 Å². The molecule has 2 rings (SSSR count). The molecule has 0 saturated carbocycles. The van der Waals surface area contributed by atoms with Crippen LogP contribution in [-0.4, -0.2) is 9.97 Å². The molecule has 0 atom stereocenters. The molecular weight excluding hydrogens is 333 g/mol. The lowest BCUT2D eigenvalue weighted by Gasteiger charge is -2.12. The van der Waals surface area contributed by atoms with Crippen LogP contribution in [0, 0.1) is 26.6 Å². The van der Waals surface area contributed by atoms with E-state index in [1.165, 1.54) is 6.07 Å². The molecule has 100 valence electrons. The van der Waals surface area contributed by atoms with Crippen LogP contribution in [-0.2, 0) is 0 Å². The van der Waals surface area contributed by atoms with Crippen LogP contribution in [0.1, 0.15) is 17.0 Å². The van der Waals surface area contributed by atoms with Gasteiger partial charge >= 0.3 is 0 Å². The highest BCUT2D eigenvalue weighted by atomic mass is 79.9. The minimum Gasteiger partial charge on any atom is -0.337 e. The van der Waals surface area contributed by atoms with Crippen molar-refractivity contribution in [2.75, 3.05) is 5.32 Å². The third-order valence-electron chi connectivity index (χ3n) is 2.78. The maximum Gasteiger partial charge on any atom is 0.172 e. The zero-order chi connectivity index (χ0) is 14.2. The molecule has 0 bridgehead atoms. The Kier molecular flexibility index (Phi) is 4.06. The zero-order valence-electron chi connectivity index (χ0n) is 10.7. The molecule has 0 saturated heterocycles. The Hall–Kier alpha value is -1.20. The summed E-state index contributed by atoms with van der Waals surface area (Å²) in [5.74, 6) is 0.0793. The van der Waals surface area contributed by atoms with Crippen molar-refractivity contribution in [2.45, 2.75) is 20.8 Å². The maximum absolute atomic E-state index is 13.5. The molecular formula is C13H12BrClFN3. The number of aromatic nitrogens is 2. The second-order valence-corrected chi connectivity index (χ2v) is 5.45. The maximum atomic E-state index is 13.5. The number of rotatable bonds is 2. The van der Waals surface area contributed by atoms with Crippen LogP contribution in [0.4, 0.5) is 15.9 Å². The summed E-state index contributed by atoms with van der Waals surface area (Å²) >= 11 is 9.18. The fraction of sp³-hybridized carbons (Fsp3) is 0.231. The van der Waals surface area contributed by atoms with E-state index in [1.54, 1.807) is 6.07 Å². The summed E-state index contributed by atoms with van der Waals surface area (Å²) in [4.78, 5) is 8.50. The van der Waals surface area contributed by atoms with E-state index < -0.39 is 0 Å². The van der Waals surface area contributed by atoms with Crippen molar-refractivity contribution in [1.82, 2.24) is 9.97 Å². The van der Waals surface area contributed by atoms with Crippen LogP contribution in [0.2, 0.25) is 5.15 Å². The van der Waals surface area contributed by atoms with Crippen molar-refractivity contribution in [1.29, 1.82) is 0 Å². The van der Waals surface area contributed by atoms with Crippen LogP contribution in [0.25, 0.3) is 0 Å². The Labute approximate surface area is 124 Å².